The van der Waals surface area contributed by atoms with Crippen LogP contribution in [0.25, 0.3) is 21.8 Å². The maximum absolute atomic E-state index is 11.7. The lowest BCUT2D eigenvalue weighted by Crippen LogP contribution is -2.45. The van der Waals surface area contributed by atoms with Crippen LogP contribution in [0.1, 0.15) is 19.0 Å². The molecule has 0 amide bonds. The highest BCUT2D eigenvalue weighted by molar-refractivity contribution is 6.07. The number of aliphatic hydroxyl groups excluding tert-OH is 1. The van der Waals surface area contributed by atoms with Gasteiger partial charge in [-0.25, -0.2) is 0 Å². The van der Waals surface area contributed by atoms with Crippen LogP contribution in [0.15, 0.2) is 36.5 Å². The molecule has 1 fully saturated rings. The summed E-state index contributed by atoms with van der Waals surface area (Å²) in [4.78, 5) is 19.6. The molecule has 0 radical (unpaired) electrons. The molecule has 0 saturated carbocycles. The molecule has 6 heteroatoms. The van der Waals surface area contributed by atoms with E-state index in [2.05, 4.69) is 16.0 Å². The van der Waals surface area contributed by atoms with E-state index in [0.717, 1.165) is 22.1 Å². The minimum atomic E-state index is -1.05. The van der Waals surface area contributed by atoms with Gasteiger partial charge in [0.15, 0.2) is 12.1 Å². The molecular formula is C19H20N2O4. The van der Waals surface area contributed by atoms with Crippen molar-refractivity contribution < 1.29 is 19.4 Å². The predicted molar refractivity (Wildman–Crippen MR) is 93.2 cm³/mol. The molecule has 3 heterocycles. The Morgan fingerprint density at radius 2 is 2.16 bits per heavy atom. The molecule has 0 aliphatic carbocycles. The van der Waals surface area contributed by atoms with Crippen LogP contribution in [0.2, 0.25) is 0 Å². The number of aromatic amines is 1. The maximum atomic E-state index is 11.7. The number of fused-ring (bicyclic) bond motifs is 3. The van der Waals surface area contributed by atoms with Gasteiger partial charge in [0.05, 0.1) is 30.3 Å². The van der Waals surface area contributed by atoms with E-state index in [-0.39, 0.29) is 12.2 Å². The minimum absolute atomic E-state index is 0.0789. The fourth-order valence-electron chi connectivity index (χ4n) is 3.31. The highest BCUT2D eigenvalue weighted by Crippen LogP contribution is 2.26. The standard InChI is InChI=1S/C19H20N2O4/c1-11-19(23)16(22)10-17(25-11)24-9-7-15-18-13(6-8-20-15)12-4-2-3-5-14(12)21-18/h2-6,8,11,17,19,21,23H,7,9-10H2,1H3/t11-,17+,19-/m1/s1. The highest BCUT2D eigenvalue weighted by Gasteiger charge is 2.33. The Morgan fingerprint density at radius 1 is 1.32 bits per heavy atom. The molecule has 0 bridgehead atoms. The quantitative estimate of drug-likeness (QED) is 0.761. The molecule has 6 nitrogen and oxygen atoms in total. The number of carbonyl (C=O) groups excluding carboxylic acids is 1. The number of benzene rings is 1. The highest BCUT2D eigenvalue weighted by atomic mass is 16.7. The number of Topliss-reactive ketones (excluding diaryl/α,β-unsaturated/α-hetero) is 1. The third kappa shape index (κ3) is 3.04. The molecular weight excluding hydrogens is 320 g/mol. The summed E-state index contributed by atoms with van der Waals surface area (Å²) in [5.74, 6) is -0.236. The van der Waals surface area contributed by atoms with E-state index in [1.807, 2.05) is 24.3 Å². The second kappa shape index (κ2) is 6.55. The number of nitrogens with zero attached hydrogens (tertiary/aromatic N) is 1. The van der Waals surface area contributed by atoms with Gasteiger partial charge in [-0.15, -0.1) is 0 Å². The van der Waals surface area contributed by atoms with Crippen molar-refractivity contribution in [2.45, 2.75) is 38.3 Å². The number of ketones is 1. The van der Waals surface area contributed by atoms with Crippen LogP contribution < -0.4 is 0 Å². The zero-order valence-corrected chi connectivity index (χ0v) is 13.9. The van der Waals surface area contributed by atoms with E-state index >= 15 is 0 Å². The number of H-pyrrole nitrogens is 1. The summed E-state index contributed by atoms with van der Waals surface area (Å²) in [6, 6.07) is 10.2. The van der Waals surface area contributed by atoms with E-state index in [9.17, 15) is 9.90 Å². The number of para-hydroxylation sites is 1. The van der Waals surface area contributed by atoms with Crippen molar-refractivity contribution in [1.29, 1.82) is 0 Å². The number of aromatic nitrogens is 2. The number of rotatable bonds is 4. The van der Waals surface area contributed by atoms with Gasteiger partial charge in [-0.2, -0.15) is 0 Å². The normalized spacial score (nSPS) is 24.2. The Morgan fingerprint density at radius 3 is 3.00 bits per heavy atom. The lowest BCUT2D eigenvalue weighted by atomic mass is 10.0. The molecule has 1 aromatic carbocycles. The first kappa shape index (κ1) is 16.2. The van der Waals surface area contributed by atoms with Crippen molar-refractivity contribution in [2.24, 2.45) is 0 Å². The lowest BCUT2D eigenvalue weighted by molar-refractivity contribution is -0.212. The molecule has 4 rings (SSSR count). The van der Waals surface area contributed by atoms with Crippen LogP contribution in [-0.4, -0.2) is 46.0 Å². The Labute approximate surface area is 144 Å². The zero-order chi connectivity index (χ0) is 17.4. The molecule has 2 N–H and O–H groups in total. The second-order valence-electron chi connectivity index (χ2n) is 6.36. The van der Waals surface area contributed by atoms with Crippen LogP contribution in [0.4, 0.5) is 0 Å². The first-order valence-electron chi connectivity index (χ1n) is 8.45. The van der Waals surface area contributed by atoms with Gasteiger partial charge in [0, 0.05) is 28.9 Å². The van der Waals surface area contributed by atoms with Gasteiger partial charge in [0.1, 0.15) is 6.10 Å². The molecule has 1 saturated heterocycles. The van der Waals surface area contributed by atoms with Crippen LogP contribution >= 0.6 is 0 Å². The summed E-state index contributed by atoms with van der Waals surface area (Å²) < 4.78 is 11.2. The van der Waals surface area contributed by atoms with Gasteiger partial charge in [0.2, 0.25) is 0 Å². The van der Waals surface area contributed by atoms with Crippen molar-refractivity contribution >= 4 is 27.6 Å². The predicted octanol–water partition coefficient (Wildman–Crippen LogP) is 2.34. The van der Waals surface area contributed by atoms with E-state index in [0.29, 0.717) is 13.0 Å². The fourth-order valence-corrected chi connectivity index (χ4v) is 3.31. The second-order valence-corrected chi connectivity index (χ2v) is 6.36. The van der Waals surface area contributed by atoms with Crippen LogP contribution in [0.3, 0.4) is 0 Å². The maximum Gasteiger partial charge on any atom is 0.168 e. The first-order valence-corrected chi connectivity index (χ1v) is 8.45. The molecule has 25 heavy (non-hydrogen) atoms. The Balaban J connectivity index is 1.47. The number of ether oxygens (including phenoxy) is 2. The molecule has 3 aromatic rings. The topological polar surface area (TPSA) is 84.4 Å². The van der Waals surface area contributed by atoms with Gasteiger partial charge < -0.3 is 19.6 Å². The van der Waals surface area contributed by atoms with Crippen molar-refractivity contribution in [3.63, 3.8) is 0 Å². The number of carbonyl (C=O) groups is 1. The monoisotopic (exact) mass is 340 g/mol. The average Bonchev–Trinajstić information content (AvgIpc) is 2.99. The van der Waals surface area contributed by atoms with E-state index in [1.165, 1.54) is 5.39 Å². The summed E-state index contributed by atoms with van der Waals surface area (Å²) in [6.07, 6.45) is 0.290. The SMILES string of the molecule is C[C@H]1O[C@H](OCCc2nccc3c2[nH]c2ccccc23)CC(=O)[C@@H]1O. The number of nitrogens with one attached hydrogen (secondary N) is 1. The van der Waals surface area contributed by atoms with E-state index in [1.54, 1.807) is 13.1 Å². The van der Waals surface area contributed by atoms with Crippen LogP contribution in [-0.2, 0) is 20.7 Å². The van der Waals surface area contributed by atoms with E-state index in [4.69, 9.17) is 9.47 Å². The number of pyridine rings is 1. The van der Waals surface area contributed by atoms with Crippen LogP contribution in [0.5, 0.6) is 0 Å². The third-order valence-electron chi connectivity index (χ3n) is 4.66. The Kier molecular flexibility index (Phi) is 4.25. The van der Waals surface area contributed by atoms with Gasteiger partial charge in [-0.1, -0.05) is 18.2 Å². The summed E-state index contributed by atoms with van der Waals surface area (Å²) in [6.45, 7) is 2.06. The van der Waals surface area contributed by atoms with Gasteiger partial charge in [-0.3, -0.25) is 9.78 Å². The summed E-state index contributed by atoms with van der Waals surface area (Å²) >= 11 is 0. The lowest BCUT2D eigenvalue weighted by Gasteiger charge is -2.30. The number of hydrogen-bond acceptors (Lipinski definition) is 5. The van der Waals surface area contributed by atoms with Gasteiger partial charge in [0.25, 0.3) is 0 Å². The molecule has 0 unspecified atom stereocenters. The zero-order valence-electron chi connectivity index (χ0n) is 13.9. The Bertz CT molecular complexity index is 920. The average molecular weight is 340 g/mol. The van der Waals surface area contributed by atoms with E-state index < -0.39 is 18.5 Å². The third-order valence-corrected chi connectivity index (χ3v) is 4.66. The Hall–Kier alpha value is -2.28. The molecule has 1 aliphatic rings. The van der Waals surface area contributed by atoms with Crippen molar-refractivity contribution in [3.8, 4) is 0 Å². The van der Waals surface area contributed by atoms with Crippen LogP contribution in [0, 0.1) is 0 Å². The van der Waals surface area contributed by atoms with Crippen molar-refractivity contribution in [2.75, 3.05) is 6.61 Å². The number of hydrogen-bond donors (Lipinski definition) is 2. The first-order chi connectivity index (χ1) is 12.1. The number of aliphatic hydroxyl groups is 1. The summed E-state index contributed by atoms with van der Waals surface area (Å²) in [5, 5.41) is 11.9. The molecule has 1 aliphatic heterocycles. The summed E-state index contributed by atoms with van der Waals surface area (Å²) in [7, 11) is 0. The smallest absolute Gasteiger partial charge is 0.168 e. The fraction of sp³-hybridized carbons (Fsp3) is 0.368. The minimum Gasteiger partial charge on any atom is -0.383 e. The molecule has 130 valence electrons. The van der Waals surface area contributed by atoms with Gasteiger partial charge >= 0.3 is 0 Å². The molecule has 3 atom stereocenters. The van der Waals surface area contributed by atoms with Crippen molar-refractivity contribution in [1.82, 2.24) is 9.97 Å². The summed E-state index contributed by atoms with van der Waals surface area (Å²) in [5.41, 5.74) is 3.01. The largest absolute Gasteiger partial charge is 0.383 e. The molecule has 0 spiro atoms. The van der Waals surface area contributed by atoms with Gasteiger partial charge in [-0.05, 0) is 19.1 Å². The molecule has 2 aromatic heterocycles. The van der Waals surface area contributed by atoms with Crippen molar-refractivity contribution in [3.05, 3.63) is 42.2 Å².